The number of aliphatic hydroxyl groups is 1. The molecular weight excluding hydrogens is 371 g/mol. The van der Waals surface area contributed by atoms with E-state index in [1.807, 2.05) is 30.3 Å². The van der Waals surface area contributed by atoms with Crippen molar-refractivity contribution in [3.8, 4) is 5.75 Å². The van der Waals surface area contributed by atoms with Crippen molar-refractivity contribution in [2.24, 2.45) is 5.92 Å². The molecule has 1 saturated carbocycles. The fraction of sp³-hybridized carbons (Fsp3) is 0.417. The molecule has 0 radical (unpaired) electrons. The number of hydrogen-bond donors (Lipinski definition) is 1. The third-order valence-corrected chi connectivity index (χ3v) is 6.03. The standard InChI is InChI=1S/C24H25FO4/c1-2-20(27)18-11-16(21(28)10-14-8-17(26)9-14)12-19-23(15-6-4-3-5-7-15)22(13-25)29-24(18)19/h3-7,11-12,14,17,22-23,26H,2,8-10,13H2,1H3/t14?,17?,22-,23+/m1/s1. The minimum atomic E-state index is -0.720. The Kier molecular flexibility index (Phi) is 5.50. The number of halogens is 1. The van der Waals surface area contributed by atoms with Crippen molar-refractivity contribution < 1.29 is 23.8 Å². The molecule has 0 saturated heterocycles. The first-order valence-electron chi connectivity index (χ1n) is 10.2. The zero-order valence-corrected chi connectivity index (χ0v) is 16.4. The summed E-state index contributed by atoms with van der Waals surface area (Å²) in [7, 11) is 0. The van der Waals surface area contributed by atoms with Crippen molar-refractivity contribution in [1.82, 2.24) is 0 Å². The fourth-order valence-corrected chi connectivity index (χ4v) is 4.41. The van der Waals surface area contributed by atoms with Crippen LogP contribution in [0.3, 0.4) is 0 Å². The maximum absolute atomic E-state index is 13.8. The Morgan fingerprint density at radius 2 is 1.86 bits per heavy atom. The Morgan fingerprint density at radius 3 is 2.48 bits per heavy atom. The van der Waals surface area contributed by atoms with E-state index in [4.69, 9.17) is 4.74 Å². The molecule has 1 fully saturated rings. The molecule has 5 heteroatoms. The number of carbonyl (C=O) groups excluding carboxylic acids is 2. The smallest absolute Gasteiger partial charge is 0.166 e. The van der Waals surface area contributed by atoms with E-state index in [1.165, 1.54) is 0 Å². The monoisotopic (exact) mass is 396 g/mol. The van der Waals surface area contributed by atoms with Crippen LogP contribution in [-0.4, -0.2) is 35.6 Å². The highest BCUT2D eigenvalue weighted by Gasteiger charge is 2.39. The first kappa shape index (κ1) is 19.8. The van der Waals surface area contributed by atoms with E-state index in [-0.39, 0.29) is 35.9 Å². The molecule has 1 heterocycles. The normalized spacial score (nSPS) is 25.1. The molecule has 2 aromatic rings. The average molecular weight is 396 g/mol. The van der Waals surface area contributed by atoms with E-state index in [0.29, 0.717) is 41.7 Å². The number of benzene rings is 2. The van der Waals surface area contributed by atoms with Crippen LogP contribution < -0.4 is 4.74 Å². The van der Waals surface area contributed by atoms with Crippen molar-refractivity contribution in [2.75, 3.05) is 6.67 Å². The van der Waals surface area contributed by atoms with Crippen LogP contribution in [0.4, 0.5) is 4.39 Å². The van der Waals surface area contributed by atoms with Crippen LogP contribution in [-0.2, 0) is 0 Å². The van der Waals surface area contributed by atoms with E-state index >= 15 is 0 Å². The lowest BCUT2D eigenvalue weighted by Crippen LogP contribution is -2.30. The van der Waals surface area contributed by atoms with Gasteiger partial charge in [0.05, 0.1) is 17.6 Å². The maximum Gasteiger partial charge on any atom is 0.166 e. The second kappa shape index (κ2) is 8.07. The van der Waals surface area contributed by atoms with Crippen LogP contribution >= 0.6 is 0 Å². The number of aliphatic hydroxyl groups excluding tert-OH is 1. The highest BCUT2D eigenvalue weighted by Crippen LogP contribution is 2.46. The van der Waals surface area contributed by atoms with Gasteiger partial charge in [0, 0.05) is 24.0 Å². The molecule has 1 aliphatic carbocycles. The molecule has 4 rings (SSSR count). The summed E-state index contributed by atoms with van der Waals surface area (Å²) in [6, 6.07) is 12.9. The maximum atomic E-state index is 13.8. The summed E-state index contributed by atoms with van der Waals surface area (Å²) in [5, 5.41) is 9.49. The lowest BCUT2D eigenvalue weighted by molar-refractivity contribution is 0.0381. The van der Waals surface area contributed by atoms with Crippen molar-refractivity contribution in [3.63, 3.8) is 0 Å². The molecule has 152 valence electrons. The second-order valence-corrected chi connectivity index (χ2v) is 8.04. The summed E-state index contributed by atoms with van der Waals surface area (Å²) >= 11 is 0. The molecule has 29 heavy (non-hydrogen) atoms. The van der Waals surface area contributed by atoms with Gasteiger partial charge in [-0.25, -0.2) is 4.39 Å². The van der Waals surface area contributed by atoms with Gasteiger partial charge in [0.25, 0.3) is 0 Å². The first-order chi connectivity index (χ1) is 14.0. The van der Waals surface area contributed by atoms with Crippen molar-refractivity contribution in [1.29, 1.82) is 0 Å². The summed E-state index contributed by atoms with van der Waals surface area (Å²) in [5.41, 5.74) is 2.43. The molecule has 1 N–H and O–H groups in total. The minimum absolute atomic E-state index is 0.0506. The van der Waals surface area contributed by atoms with Gasteiger partial charge in [0.2, 0.25) is 0 Å². The summed E-state index contributed by atoms with van der Waals surface area (Å²) in [6.45, 7) is 1.08. The Morgan fingerprint density at radius 1 is 1.14 bits per heavy atom. The van der Waals surface area contributed by atoms with Crippen LogP contribution in [0.1, 0.15) is 70.4 Å². The zero-order chi connectivity index (χ0) is 20.5. The van der Waals surface area contributed by atoms with Gasteiger partial charge in [-0.1, -0.05) is 37.3 Å². The molecule has 0 spiro atoms. The number of ketones is 2. The van der Waals surface area contributed by atoms with Crippen LogP contribution in [0.5, 0.6) is 5.75 Å². The van der Waals surface area contributed by atoms with Crippen LogP contribution in [0.2, 0.25) is 0 Å². The summed E-state index contributed by atoms with van der Waals surface area (Å²) in [5.74, 6) is 0.0457. The van der Waals surface area contributed by atoms with Crippen LogP contribution in [0.15, 0.2) is 42.5 Å². The lowest BCUT2D eigenvalue weighted by atomic mass is 9.78. The van der Waals surface area contributed by atoms with E-state index in [1.54, 1.807) is 19.1 Å². The van der Waals surface area contributed by atoms with Crippen molar-refractivity contribution in [3.05, 3.63) is 64.7 Å². The number of ether oxygens (including phenoxy) is 1. The SMILES string of the molecule is CCC(=O)c1cc(C(=O)CC2CC(O)C2)cc2c1O[C@H](CF)[C@H]2c1ccccc1. The topological polar surface area (TPSA) is 63.6 Å². The Hall–Kier alpha value is -2.53. The summed E-state index contributed by atoms with van der Waals surface area (Å²) in [4.78, 5) is 25.5. The van der Waals surface area contributed by atoms with Gasteiger partial charge < -0.3 is 9.84 Å². The van der Waals surface area contributed by atoms with Gasteiger partial charge in [0.15, 0.2) is 11.6 Å². The summed E-state index contributed by atoms with van der Waals surface area (Å²) < 4.78 is 19.7. The zero-order valence-electron chi connectivity index (χ0n) is 16.4. The minimum Gasteiger partial charge on any atom is -0.486 e. The molecule has 1 aliphatic heterocycles. The van der Waals surface area contributed by atoms with E-state index < -0.39 is 12.8 Å². The average Bonchev–Trinajstić information content (AvgIpc) is 3.10. The molecule has 2 aliphatic rings. The highest BCUT2D eigenvalue weighted by molar-refractivity contribution is 6.04. The van der Waals surface area contributed by atoms with Gasteiger partial charge >= 0.3 is 0 Å². The van der Waals surface area contributed by atoms with Gasteiger partial charge in [-0.15, -0.1) is 0 Å². The Labute approximate surface area is 169 Å². The van der Waals surface area contributed by atoms with Gasteiger partial charge in [0.1, 0.15) is 18.5 Å². The summed E-state index contributed by atoms with van der Waals surface area (Å²) in [6.07, 6.45) is 0.861. The van der Waals surface area contributed by atoms with E-state index in [2.05, 4.69) is 0 Å². The molecule has 0 aromatic heterocycles. The Bertz CT molecular complexity index is 918. The number of carbonyl (C=O) groups is 2. The van der Waals surface area contributed by atoms with E-state index in [9.17, 15) is 19.1 Å². The molecule has 2 aromatic carbocycles. The molecule has 2 atom stereocenters. The first-order valence-corrected chi connectivity index (χ1v) is 10.2. The second-order valence-electron chi connectivity index (χ2n) is 8.04. The molecule has 0 bridgehead atoms. The number of Topliss-reactive ketones (excluding diaryl/α,β-unsaturated/α-hetero) is 2. The third-order valence-electron chi connectivity index (χ3n) is 6.03. The number of hydrogen-bond acceptors (Lipinski definition) is 4. The number of rotatable bonds is 7. The molecule has 0 unspecified atom stereocenters. The van der Waals surface area contributed by atoms with Crippen molar-refractivity contribution >= 4 is 11.6 Å². The lowest BCUT2D eigenvalue weighted by Gasteiger charge is -2.30. The largest absolute Gasteiger partial charge is 0.486 e. The Balaban J connectivity index is 1.76. The van der Waals surface area contributed by atoms with Crippen LogP contribution in [0.25, 0.3) is 0 Å². The predicted octanol–water partition coefficient (Wildman–Crippen LogP) is 4.49. The molecule has 0 amide bonds. The van der Waals surface area contributed by atoms with Crippen LogP contribution in [0, 0.1) is 5.92 Å². The molecule has 4 nitrogen and oxygen atoms in total. The number of fused-ring (bicyclic) bond motifs is 1. The van der Waals surface area contributed by atoms with E-state index in [0.717, 1.165) is 5.56 Å². The quantitative estimate of drug-likeness (QED) is 0.701. The highest BCUT2D eigenvalue weighted by atomic mass is 19.1. The van der Waals surface area contributed by atoms with Gasteiger partial charge in [-0.3, -0.25) is 9.59 Å². The van der Waals surface area contributed by atoms with Gasteiger partial charge in [-0.05, 0) is 36.5 Å². The fourth-order valence-electron chi connectivity index (χ4n) is 4.41. The molecular formula is C24H25FO4. The van der Waals surface area contributed by atoms with Crippen molar-refractivity contribution in [2.45, 2.75) is 50.7 Å². The third kappa shape index (κ3) is 3.71. The predicted molar refractivity (Wildman–Crippen MR) is 107 cm³/mol. The number of alkyl halides is 1. The van der Waals surface area contributed by atoms with Gasteiger partial charge in [-0.2, -0.15) is 0 Å².